The van der Waals surface area contributed by atoms with Gasteiger partial charge in [-0.1, -0.05) is 0 Å². The van der Waals surface area contributed by atoms with Crippen LogP contribution in [-0.2, 0) is 14.8 Å². The van der Waals surface area contributed by atoms with Crippen molar-refractivity contribution in [1.82, 2.24) is 24.2 Å². The molecule has 0 spiro atoms. The summed E-state index contributed by atoms with van der Waals surface area (Å²) in [5.41, 5.74) is 0.0437. The smallest absolute Gasteiger partial charge is 0.313 e. The van der Waals surface area contributed by atoms with E-state index in [1.54, 1.807) is 6.92 Å². The molecule has 2 saturated heterocycles. The zero-order chi connectivity index (χ0) is 17.8. The van der Waals surface area contributed by atoms with Gasteiger partial charge in [-0.3, -0.25) is 4.79 Å². The van der Waals surface area contributed by atoms with Crippen molar-refractivity contribution in [2.24, 2.45) is 11.3 Å². The number of aromatic amines is 1. The number of carboxylic acid groups (broad SMARTS) is 1. The topological polar surface area (TPSA) is 132 Å². The normalized spacial score (nSPS) is 27.1. The Kier molecular flexibility index (Phi) is 3.48. The molecule has 11 heteroatoms. The van der Waals surface area contributed by atoms with Crippen LogP contribution in [0.5, 0.6) is 0 Å². The molecule has 0 radical (unpaired) electrons. The van der Waals surface area contributed by atoms with Crippen LogP contribution >= 0.6 is 0 Å². The molecule has 0 saturated carbocycles. The van der Waals surface area contributed by atoms with E-state index in [0.29, 0.717) is 23.5 Å². The summed E-state index contributed by atoms with van der Waals surface area (Å²) >= 11 is 0. The van der Waals surface area contributed by atoms with Gasteiger partial charge in [-0.2, -0.15) is 0 Å². The number of aliphatic carboxylic acids is 1. The Hall–Kier alpha value is -2.27. The number of nitrogens with zero attached hydrogens (tertiary/aromatic N) is 5. The lowest BCUT2D eigenvalue weighted by Gasteiger charge is -2.25. The van der Waals surface area contributed by atoms with Gasteiger partial charge in [0, 0.05) is 32.1 Å². The standard InChI is InChI=1S/C14H18N6O4S/c1-2-25(23,24)20-4-9-3-19(5-14(9,6-20)13(21)22)12-10-11(16-7-15-10)17-8-18-12/h7-9H,2-6H2,1H3,(H,21,22)(H,15,16,17,18)/t9-,14-/m1/s1. The van der Waals surface area contributed by atoms with Gasteiger partial charge in [0.05, 0.1) is 12.1 Å². The van der Waals surface area contributed by atoms with E-state index < -0.39 is 21.4 Å². The summed E-state index contributed by atoms with van der Waals surface area (Å²) in [4.78, 5) is 29.4. The molecule has 4 rings (SSSR count). The van der Waals surface area contributed by atoms with Gasteiger partial charge in [0.1, 0.15) is 17.3 Å². The second-order valence-corrected chi connectivity index (χ2v) is 8.79. The maximum atomic E-state index is 12.2. The fourth-order valence-electron chi connectivity index (χ4n) is 3.87. The molecule has 0 amide bonds. The lowest BCUT2D eigenvalue weighted by Crippen LogP contribution is -2.42. The second-order valence-electron chi connectivity index (χ2n) is 6.53. The summed E-state index contributed by atoms with van der Waals surface area (Å²) in [6, 6.07) is 0. The highest BCUT2D eigenvalue weighted by molar-refractivity contribution is 7.89. The van der Waals surface area contributed by atoms with Crippen molar-refractivity contribution in [2.75, 3.05) is 36.8 Å². The lowest BCUT2D eigenvalue weighted by atomic mass is 9.81. The number of imidazole rings is 1. The molecule has 2 N–H and O–H groups in total. The second kappa shape index (κ2) is 5.36. The Morgan fingerprint density at radius 3 is 2.84 bits per heavy atom. The number of carbonyl (C=O) groups is 1. The van der Waals surface area contributed by atoms with Crippen LogP contribution in [0.25, 0.3) is 11.2 Å². The molecular weight excluding hydrogens is 348 g/mol. The fraction of sp³-hybridized carbons (Fsp3) is 0.571. The minimum Gasteiger partial charge on any atom is -0.481 e. The highest BCUT2D eigenvalue weighted by atomic mass is 32.2. The number of aromatic nitrogens is 4. The predicted molar refractivity (Wildman–Crippen MR) is 88.5 cm³/mol. The molecule has 10 nitrogen and oxygen atoms in total. The van der Waals surface area contributed by atoms with Crippen LogP contribution < -0.4 is 4.90 Å². The minimum atomic E-state index is -3.41. The van der Waals surface area contributed by atoms with Gasteiger partial charge in [0.25, 0.3) is 0 Å². The first-order chi connectivity index (χ1) is 11.9. The van der Waals surface area contributed by atoms with Crippen LogP contribution in [0.4, 0.5) is 5.82 Å². The van der Waals surface area contributed by atoms with Gasteiger partial charge in [0.15, 0.2) is 11.5 Å². The molecule has 0 unspecified atom stereocenters. The van der Waals surface area contributed by atoms with E-state index in [1.807, 2.05) is 4.90 Å². The maximum absolute atomic E-state index is 12.2. The number of carboxylic acids is 1. The SMILES string of the molecule is CCS(=O)(=O)N1C[C@H]2CN(c3ncnc4nc[nH]c34)C[C@@]2(C(=O)O)C1. The lowest BCUT2D eigenvalue weighted by molar-refractivity contribution is -0.148. The molecule has 2 aliphatic rings. The molecule has 2 aromatic rings. The zero-order valence-corrected chi connectivity index (χ0v) is 14.4. The third-order valence-electron chi connectivity index (χ3n) is 5.26. The van der Waals surface area contributed by atoms with Crippen molar-refractivity contribution in [2.45, 2.75) is 6.92 Å². The van der Waals surface area contributed by atoms with E-state index >= 15 is 0 Å². The number of H-pyrrole nitrogens is 1. The van der Waals surface area contributed by atoms with Crippen LogP contribution in [0.2, 0.25) is 0 Å². The molecule has 4 heterocycles. The van der Waals surface area contributed by atoms with Gasteiger partial charge in [0.2, 0.25) is 10.0 Å². The number of anilines is 1. The van der Waals surface area contributed by atoms with E-state index in [4.69, 9.17) is 0 Å². The Morgan fingerprint density at radius 1 is 1.36 bits per heavy atom. The number of fused-ring (bicyclic) bond motifs is 2. The molecule has 2 atom stereocenters. The predicted octanol–water partition coefficient (Wildman–Crippen LogP) is -0.475. The monoisotopic (exact) mass is 366 g/mol. The van der Waals surface area contributed by atoms with Crippen molar-refractivity contribution in [3.05, 3.63) is 12.7 Å². The van der Waals surface area contributed by atoms with E-state index in [9.17, 15) is 18.3 Å². The Morgan fingerprint density at radius 2 is 2.16 bits per heavy atom. The van der Waals surface area contributed by atoms with Crippen LogP contribution in [0.1, 0.15) is 6.92 Å². The molecule has 0 aromatic carbocycles. The minimum absolute atomic E-state index is 0.00310. The van der Waals surface area contributed by atoms with Crippen molar-refractivity contribution in [3.8, 4) is 0 Å². The Bertz CT molecular complexity index is 944. The number of nitrogens with one attached hydrogen (secondary N) is 1. The molecule has 2 fully saturated rings. The fourth-order valence-corrected chi connectivity index (χ4v) is 5.07. The first-order valence-electron chi connectivity index (χ1n) is 7.97. The number of sulfonamides is 1. The Labute approximate surface area is 143 Å². The van der Waals surface area contributed by atoms with E-state index in [1.165, 1.54) is 17.0 Å². The van der Waals surface area contributed by atoms with Crippen LogP contribution in [0.3, 0.4) is 0 Å². The first-order valence-corrected chi connectivity index (χ1v) is 9.58. The van der Waals surface area contributed by atoms with Crippen molar-refractivity contribution >= 4 is 33.0 Å². The molecule has 2 aliphatic heterocycles. The van der Waals surface area contributed by atoms with E-state index in [-0.39, 0.29) is 31.3 Å². The molecule has 134 valence electrons. The maximum Gasteiger partial charge on any atom is 0.313 e. The highest BCUT2D eigenvalue weighted by Gasteiger charge is 2.59. The van der Waals surface area contributed by atoms with Crippen LogP contribution in [-0.4, -0.2) is 75.7 Å². The summed E-state index contributed by atoms with van der Waals surface area (Å²) in [7, 11) is -3.41. The number of rotatable bonds is 4. The van der Waals surface area contributed by atoms with Gasteiger partial charge in [-0.05, 0) is 6.92 Å². The molecule has 0 bridgehead atoms. The van der Waals surface area contributed by atoms with Gasteiger partial charge < -0.3 is 15.0 Å². The third-order valence-corrected chi connectivity index (χ3v) is 7.06. The first kappa shape index (κ1) is 16.2. The van der Waals surface area contributed by atoms with Crippen LogP contribution in [0, 0.1) is 11.3 Å². The summed E-state index contributed by atoms with van der Waals surface area (Å²) in [6.07, 6.45) is 2.91. The van der Waals surface area contributed by atoms with Gasteiger partial charge in [-0.15, -0.1) is 0 Å². The largest absolute Gasteiger partial charge is 0.481 e. The van der Waals surface area contributed by atoms with Crippen molar-refractivity contribution in [3.63, 3.8) is 0 Å². The highest BCUT2D eigenvalue weighted by Crippen LogP contribution is 2.45. The quantitative estimate of drug-likeness (QED) is 0.742. The number of hydrogen-bond acceptors (Lipinski definition) is 7. The van der Waals surface area contributed by atoms with Crippen molar-refractivity contribution in [1.29, 1.82) is 0 Å². The van der Waals surface area contributed by atoms with Crippen LogP contribution in [0.15, 0.2) is 12.7 Å². The summed E-state index contributed by atoms with van der Waals surface area (Å²) < 4.78 is 25.7. The molecule has 25 heavy (non-hydrogen) atoms. The third kappa shape index (κ3) is 2.29. The summed E-state index contributed by atoms with van der Waals surface area (Å²) in [5, 5.41) is 9.87. The van der Waals surface area contributed by atoms with E-state index in [0.717, 1.165) is 0 Å². The van der Waals surface area contributed by atoms with Gasteiger partial charge in [-0.25, -0.2) is 27.7 Å². The van der Waals surface area contributed by atoms with Crippen molar-refractivity contribution < 1.29 is 18.3 Å². The molecule has 2 aromatic heterocycles. The zero-order valence-electron chi connectivity index (χ0n) is 13.6. The average Bonchev–Trinajstić information content (AvgIpc) is 3.26. The number of hydrogen-bond donors (Lipinski definition) is 2. The molecule has 0 aliphatic carbocycles. The average molecular weight is 366 g/mol. The summed E-state index contributed by atoms with van der Waals surface area (Å²) in [5.74, 6) is -0.690. The molecular formula is C14H18N6O4S. The summed E-state index contributed by atoms with van der Waals surface area (Å²) in [6.45, 7) is 2.41. The van der Waals surface area contributed by atoms with Gasteiger partial charge >= 0.3 is 5.97 Å². The van der Waals surface area contributed by atoms with E-state index in [2.05, 4.69) is 19.9 Å². The Balaban J connectivity index is 1.69.